The number of pyridine rings is 1. The molecule has 0 atom stereocenters. The van der Waals surface area contributed by atoms with E-state index in [2.05, 4.69) is 12.2 Å². The molecule has 2 aromatic rings. The van der Waals surface area contributed by atoms with Crippen LogP contribution < -0.4 is 15.6 Å². The molecule has 32 heavy (non-hydrogen) atoms. The van der Waals surface area contributed by atoms with Gasteiger partial charge in [0.2, 0.25) is 0 Å². The van der Waals surface area contributed by atoms with Crippen molar-refractivity contribution in [2.45, 2.75) is 84.6 Å². The highest BCUT2D eigenvalue weighted by molar-refractivity contribution is 6.04. The molecule has 1 aromatic heterocycles. The minimum absolute atomic E-state index is 0.195. The van der Waals surface area contributed by atoms with Crippen LogP contribution in [-0.2, 0) is 24.2 Å². The number of carbonyl (C=O) groups is 2. The summed E-state index contributed by atoms with van der Waals surface area (Å²) in [5.74, 6) is -0.396. The maximum Gasteiger partial charge on any atom is 0.308 e. The topological polar surface area (TPSA) is 77.4 Å². The Morgan fingerprint density at radius 2 is 1.66 bits per heavy atom. The normalized spacial score (nSPS) is 14.3. The number of hydrogen-bond donors (Lipinski definition) is 1. The van der Waals surface area contributed by atoms with Crippen LogP contribution in [0.2, 0.25) is 0 Å². The lowest BCUT2D eigenvalue weighted by Crippen LogP contribution is -2.32. The third kappa shape index (κ3) is 6.31. The molecule has 1 aliphatic rings. The predicted octanol–water partition coefficient (Wildman–Crippen LogP) is 5.27. The molecule has 0 fully saturated rings. The third-order valence-corrected chi connectivity index (χ3v) is 5.95. The molecule has 0 unspecified atom stereocenters. The van der Waals surface area contributed by atoms with Gasteiger partial charge in [-0.3, -0.25) is 14.4 Å². The number of aromatic nitrogens is 1. The average molecular weight is 439 g/mol. The van der Waals surface area contributed by atoms with Gasteiger partial charge in [0.05, 0.1) is 0 Å². The smallest absolute Gasteiger partial charge is 0.308 e. The van der Waals surface area contributed by atoms with Gasteiger partial charge in [-0.15, -0.1) is 0 Å². The lowest BCUT2D eigenvalue weighted by molar-refractivity contribution is -0.131. The molecular formula is C26H34N2O4. The molecule has 0 bridgehead atoms. The average Bonchev–Trinajstić information content (AvgIpc) is 2.77. The molecule has 6 nitrogen and oxygen atoms in total. The summed E-state index contributed by atoms with van der Waals surface area (Å²) in [6.07, 6.45) is 10.7. The summed E-state index contributed by atoms with van der Waals surface area (Å²) in [6.45, 7) is 4.10. The second-order valence-electron chi connectivity index (χ2n) is 8.53. The van der Waals surface area contributed by atoms with Crippen LogP contribution in [0.4, 0.5) is 5.69 Å². The van der Waals surface area contributed by atoms with E-state index in [1.165, 1.54) is 32.6 Å². The van der Waals surface area contributed by atoms with Crippen molar-refractivity contribution in [2.24, 2.45) is 0 Å². The van der Waals surface area contributed by atoms with Crippen molar-refractivity contribution in [2.75, 3.05) is 5.32 Å². The van der Waals surface area contributed by atoms with Crippen LogP contribution in [0.3, 0.4) is 0 Å². The number of amides is 1. The van der Waals surface area contributed by atoms with Gasteiger partial charge in [-0.2, -0.15) is 0 Å². The van der Waals surface area contributed by atoms with Gasteiger partial charge < -0.3 is 14.6 Å². The second kappa shape index (κ2) is 11.7. The molecule has 0 spiro atoms. The lowest BCUT2D eigenvalue weighted by atomic mass is 9.96. The van der Waals surface area contributed by atoms with Crippen LogP contribution in [-0.4, -0.2) is 16.4 Å². The molecule has 0 aliphatic heterocycles. The summed E-state index contributed by atoms with van der Waals surface area (Å²) in [5.41, 5.74) is 2.79. The van der Waals surface area contributed by atoms with E-state index in [1.807, 2.05) is 10.6 Å². The molecule has 0 saturated heterocycles. The first kappa shape index (κ1) is 23.8. The van der Waals surface area contributed by atoms with Crippen molar-refractivity contribution in [3.8, 4) is 5.75 Å². The molecule has 1 amide bonds. The van der Waals surface area contributed by atoms with E-state index in [4.69, 9.17) is 4.74 Å². The van der Waals surface area contributed by atoms with Crippen molar-refractivity contribution in [1.82, 2.24) is 4.57 Å². The number of nitrogens with zero attached hydrogens (tertiary/aromatic N) is 1. The molecule has 1 aliphatic carbocycles. The number of unbranched alkanes of at least 4 members (excludes halogenated alkanes) is 1. The van der Waals surface area contributed by atoms with Crippen molar-refractivity contribution < 1.29 is 14.3 Å². The van der Waals surface area contributed by atoms with Crippen molar-refractivity contribution in [3.05, 3.63) is 57.5 Å². The Morgan fingerprint density at radius 3 is 2.31 bits per heavy atom. The van der Waals surface area contributed by atoms with E-state index in [0.29, 0.717) is 18.0 Å². The van der Waals surface area contributed by atoms with Crippen LogP contribution in [0.15, 0.2) is 35.1 Å². The van der Waals surface area contributed by atoms with Crippen LogP contribution in [0.25, 0.3) is 0 Å². The number of fused-ring (bicyclic) bond motifs is 1. The monoisotopic (exact) mass is 438 g/mol. The Labute approximate surface area is 190 Å². The zero-order chi connectivity index (χ0) is 22.9. The van der Waals surface area contributed by atoms with Gasteiger partial charge >= 0.3 is 5.97 Å². The summed E-state index contributed by atoms with van der Waals surface area (Å²) in [5, 5.41) is 2.83. The summed E-state index contributed by atoms with van der Waals surface area (Å²) < 4.78 is 6.89. The molecule has 1 aromatic carbocycles. The number of esters is 1. The first-order valence-corrected chi connectivity index (χ1v) is 11.8. The number of anilines is 1. The van der Waals surface area contributed by atoms with Crippen molar-refractivity contribution >= 4 is 17.6 Å². The number of rotatable bonds is 6. The fraction of sp³-hybridized carbons (Fsp3) is 0.500. The van der Waals surface area contributed by atoms with Gasteiger partial charge in [0.15, 0.2) is 0 Å². The Kier molecular flexibility index (Phi) is 8.65. The van der Waals surface area contributed by atoms with Gasteiger partial charge in [0.1, 0.15) is 11.3 Å². The SMILES string of the molecule is CCCCn1c2c(cc(C(=O)Nc3ccc(OC(C)=O)cc3)c1=O)CCCCCCCC2. The van der Waals surface area contributed by atoms with Crippen LogP contribution in [0, 0.1) is 0 Å². The van der Waals surface area contributed by atoms with E-state index in [1.54, 1.807) is 24.3 Å². The highest BCUT2D eigenvalue weighted by Gasteiger charge is 2.20. The largest absolute Gasteiger partial charge is 0.427 e. The lowest BCUT2D eigenvalue weighted by Gasteiger charge is -2.20. The molecule has 6 heteroatoms. The fourth-order valence-electron chi connectivity index (χ4n) is 4.27. The zero-order valence-corrected chi connectivity index (χ0v) is 19.2. The second-order valence-corrected chi connectivity index (χ2v) is 8.53. The van der Waals surface area contributed by atoms with Crippen molar-refractivity contribution in [1.29, 1.82) is 0 Å². The van der Waals surface area contributed by atoms with E-state index in [9.17, 15) is 14.4 Å². The number of hydrogen-bond acceptors (Lipinski definition) is 4. The Hall–Kier alpha value is -2.89. The molecule has 3 rings (SSSR count). The van der Waals surface area contributed by atoms with E-state index < -0.39 is 11.9 Å². The van der Waals surface area contributed by atoms with Crippen LogP contribution in [0.1, 0.15) is 86.8 Å². The minimum Gasteiger partial charge on any atom is -0.427 e. The molecule has 172 valence electrons. The maximum atomic E-state index is 13.4. The standard InChI is InChI=1S/C26H34N2O4/c1-3-4-17-28-24-12-10-8-6-5-7-9-11-20(24)18-23(26(28)31)25(30)27-21-13-15-22(16-14-21)32-19(2)29/h13-16,18H,3-12,17H2,1-2H3,(H,27,30). The first-order valence-electron chi connectivity index (χ1n) is 11.8. The third-order valence-electron chi connectivity index (χ3n) is 5.95. The fourth-order valence-corrected chi connectivity index (χ4v) is 4.27. The summed E-state index contributed by atoms with van der Waals surface area (Å²) in [6, 6.07) is 8.37. The van der Waals surface area contributed by atoms with Crippen LogP contribution in [0.5, 0.6) is 5.75 Å². The van der Waals surface area contributed by atoms with Gasteiger partial charge in [0, 0.05) is 24.8 Å². The Balaban J connectivity index is 1.91. The quantitative estimate of drug-likeness (QED) is 0.493. The van der Waals surface area contributed by atoms with Crippen LogP contribution >= 0.6 is 0 Å². The minimum atomic E-state index is -0.402. The molecule has 1 heterocycles. The Bertz CT molecular complexity index is 992. The Morgan fingerprint density at radius 1 is 1.00 bits per heavy atom. The van der Waals surface area contributed by atoms with Gasteiger partial charge in [-0.05, 0) is 68.0 Å². The number of benzene rings is 1. The molecule has 0 radical (unpaired) electrons. The number of nitrogens with one attached hydrogen (secondary N) is 1. The number of aryl methyl sites for hydroxylation is 1. The summed E-state index contributed by atoms with van der Waals surface area (Å²) in [7, 11) is 0. The summed E-state index contributed by atoms with van der Waals surface area (Å²) >= 11 is 0. The molecule has 0 saturated carbocycles. The van der Waals surface area contributed by atoms with E-state index >= 15 is 0 Å². The van der Waals surface area contributed by atoms with E-state index in [-0.39, 0.29) is 11.1 Å². The highest BCUT2D eigenvalue weighted by atomic mass is 16.5. The van der Waals surface area contributed by atoms with E-state index in [0.717, 1.165) is 49.8 Å². The predicted molar refractivity (Wildman–Crippen MR) is 126 cm³/mol. The molecule has 1 N–H and O–H groups in total. The molecular weight excluding hydrogens is 404 g/mol. The van der Waals surface area contributed by atoms with Crippen molar-refractivity contribution in [3.63, 3.8) is 0 Å². The van der Waals surface area contributed by atoms with Gasteiger partial charge in [-0.25, -0.2) is 0 Å². The highest BCUT2D eigenvalue weighted by Crippen LogP contribution is 2.21. The van der Waals surface area contributed by atoms with Gasteiger partial charge in [-0.1, -0.05) is 39.0 Å². The summed E-state index contributed by atoms with van der Waals surface area (Å²) in [4.78, 5) is 37.5. The number of carbonyl (C=O) groups excluding carboxylic acids is 2. The maximum absolute atomic E-state index is 13.4. The first-order chi connectivity index (χ1) is 15.5. The number of ether oxygens (including phenoxy) is 1. The zero-order valence-electron chi connectivity index (χ0n) is 19.2. The van der Waals surface area contributed by atoms with Gasteiger partial charge in [0.25, 0.3) is 11.5 Å².